The van der Waals surface area contributed by atoms with Crippen LogP contribution in [0.1, 0.15) is 5.69 Å². The molecule has 0 bridgehead atoms. The van der Waals surface area contributed by atoms with Crippen molar-refractivity contribution in [3.63, 3.8) is 0 Å². The summed E-state index contributed by atoms with van der Waals surface area (Å²) in [5, 5.41) is 10.5. The van der Waals surface area contributed by atoms with E-state index in [2.05, 4.69) is 17.1 Å². The number of phenols is 1. The number of aryl methyl sites for hydroxylation is 1. The Morgan fingerprint density at radius 3 is 2.44 bits per heavy atom. The fourth-order valence-electron chi connectivity index (χ4n) is 2.15. The molecule has 0 saturated carbocycles. The molecule has 1 N–H and O–H groups in total. The van der Waals surface area contributed by atoms with Gasteiger partial charge in [-0.25, -0.2) is 0 Å². The first-order valence-corrected chi connectivity index (χ1v) is 5.90. The van der Waals surface area contributed by atoms with Gasteiger partial charge in [-0.2, -0.15) is 0 Å². The molecule has 3 rings (SSSR count). The first-order chi connectivity index (χ1) is 8.74. The maximum Gasteiger partial charge on any atom is 0.115 e. The minimum Gasteiger partial charge on any atom is -0.508 e. The van der Waals surface area contributed by atoms with E-state index in [1.165, 1.54) is 0 Å². The predicted molar refractivity (Wildman–Crippen MR) is 73.6 cm³/mol. The van der Waals surface area contributed by atoms with Crippen LogP contribution in [-0.4, -0.2) is 10.1 Å². The number of hydrogen-bond acceptors (Lipinski definition) is 2. The Bertz CT molecular complexity index is 702. The molecule has 0 atom stereocenters. The van der Waals surface area contributed by atoms with Gasteiger partial charge in [0.25, 0.3) is 0 Å². The molecule has 3 aromatic rings. The summed E-state index contributed by atoms with van der Waals surface area (Å²) >= 11 is 0. The van der Waals surface area contributed by atoms with E-state index >= 15 is 0 Å². The molecule has 0 unspecified atom stereocenters. The zero-order valence-electron chi connectivity index (χ0n) is 10.1. The normalized spacial score (nSPS) is 10.7. The first kappa shape index (κ1) is 10.8. The Kier molecular flexibility index (Phi) is 2.49. The molecule has 2 heteroatoms. The third kappa shape index (κ3) is 1.82. The average molecular weight is 235 g/mol. The van der Waals surface area contributed by atoms with Crippen molar-refractivity contribution in [1.82, 2.24) is 4.98 Å². The monoisotopic (exact) mass is 235 g/mol. The van der Waals surface area contributed by atoms with Crippen molar-refractivity contribution in [2.75, 3.05) is 0 Å². The quantitative estimate of drug-likeness (QED) is 0.693. The van der Waals surface area contributed by atoms with Crippen molar-refractivity contribution in [2.24, 2.45) is 0 Å². The summed E-state index contributed by atoms with van der Waals surface area (Å²) in [6.07, 6.45) is 0. The minimum absolute atomic E-state index is 0.285. The number of aromatic hydroxyl groups is 1. The lowest BCUT2D eigenvalue weighted by atomic mass is 10.0. The molecule has 1 heterocycles. The van der Waals surface area contributed by atoms with Gasteiger partial charge in [-0.15, -0.1) is 0 Å². The van der Waals surface area contributed by atoms with Crippen LogP contribution < -0.4 is 0 Å². The third-order valence-electron chi connectivity index (χ3n) is 3.05. The van der Waals surface area contributed by atoms with Crippen LogP contribution in [0.2, 0.25) is 0 Å². The molecule has 0 saturated heterocycles. The van der Waals surface area contributed by atoms with Crippen molar-refractivity contribution in [1.29, 1.82) is 0 Å². The summed E-state index contributed by atoms with van der Waals surface area (Å²) in [6.45, 7) is 1.99. The molecule has 88 valence electrons. The summed E-state index contributed by atoms with van der Waals surface area (Å²) < 4.78 is 0. The number of phenolic OH excluding ortho intramolecular Hbond substituents is 1. The van der Waals surface area contributed by atoms with Gasteiger partial charge in [0.2, 0.25) is 0 Å². The molecule has 0 fully saturated rings. The van der Waals surface area contributed by atoms with E-state index in [-0.39, 0.29) is 5.75 Å². The van der Waals surface area contributed by atoms with Crippen LogP contribution in [-0.2, 0) is 0 Å². The zero-order chi connectivity index (χ0) is 12.5. The average Bonchev–Trinajstić information content (AvgIpc) is 2.38. The lowest BCUT2D eigenvalue weighted by Gasteiger charge is -2.07. The van der Waals surface area contributed by atoms with Gasteiger partial charge >= 0.3 is 0 Å². The Labute approximate surface area is 106 Å². The highest BCUT2D eigenvalue weighted by molar-refractivity contribution is 5.94. The fraction of sp³-hybridized carbons (Fsp3) is 0.0625. The second kappa shape index (κ2) is 4.15. The zero-order valence-corrected chi connectivity index (χ0v) is 10.1. The molecular weight excluding hydrogens is 222 g/mol. The van der Waals surface area contributed by atoms with Gasteiger partial charge in [-0.05, 0) is 42.3 Å². The van der Waals surface area contributed by atoms with Crippen molar-refractivity contribution in [2.45, 2.75) is 6.92 Å². The molecule has 0 aliphatic heterocycles. The predicted octanol–water partition coefficient (Wildman–Crippen LogP) is 3.92. The molecule has 2 nitrogen and oxygen atoms in total. The van der Waals surface area contributed by atoms with E-state index in [0.29, 0.717) is 0 Å². The highest BCUT2D eigenvalue weighted by Crippen LogP contribution is 2.28. The first-order valence-electron chi connectivity index (χ1n) is 5.90. The lowest BCUT2D eigenvalue weighted by molar-refractivity contribution is 0.475. The van der Waals surface area contributed by atoms with Crippen LogP contribution in [0.5, 0.6) is 5.75 Å². The molecule has 0 amide bonds. The number of pyridine rings is 1. The Balaban J connectivity index is 2.26. The number of fused-ring (bicyclic) bond motifs is 1. The number of aromatic nitrogens is 1. The van der Waals surface area contributed by atoms with E-state index in [1.54, 1.807) is 12.1 Å². The summed E-state index contributed by atoms with van der Waals surface area (Å²) in [5.41, 5.74) is 4.25. The van der Waals surface area contributed by atoms with Gasteiger partial charge in [0.15, 0.2) is 0 Å². The fourth-order valence-corrected chi connectivity index (χ4v) is 2.15. The van der Waals surface area contributed by atoms with Crippen molar-refractivity contribution < 1.29 is 5.11 Å². The standard InChI is InChI=1S/C16H13NO/c1-11-5-10-15-14(3-2-4-16(15)17-11)12-6-8-13(18)9-7-12/h2-10,18H,1H3. The SMILES string of the molecule is Cc1ccc2c(-c3ccc(O)cc3)cccc2n1. The third-order valence-corrected chi connectivity index (χ3v) is 3.05. The second-order valence-corrected chi connectivity index (χ2v) is 4.37. The van der Waals surface area contributed by atoms with Crippen LogP contribution in [0.4, 0.5) is 0 Å². The summed E-state index contributed by atoms with van der Waals surface area (Å²) in [5.74, 6) is 0.285. The summed E-state index contributed by atoms with van der Waals surface area (Å²) in [6, 6.07) is 17.5. The van der Waals surface area contributed by atoms with E-state index < -0.39 is 0 Å². The summed E-state index contributed by atoms with van der Waals surface area (Å²) in [4.78, 5) is 4.53. The second-order valence-electron chi connectivity index (χ2n) is 4.37. The highest BCUT2D eigenvalue weighted by atomic mass is 16.3. The number of nitrogens with zero attached hydrogens (tertiary/aromatic N) is 1. The van der Waals surface area contributed by atoms with Crippen LogP contribution >= 0.6 is 0 Å². The number of benzene rings is 2. The van der Waals surface area contributed by atoms with E-state index in [9.17, 15) is 5.11 Å². The molecule has 18 heavy (non-hydrogen) atoms. The largest absolute Gasteiger partial charge is 0.508 e. The van der Waals surface area contributed by atoms with Gasteiger partial charge in [0.05, 0.1) is 5.52 Å². The number of hydrogen-bond donors (Lipinski definition) is 1. The van der Waals surface area contributed by atoms with Gasteiger partial charge in [-0.3, -0.25) is 4.98 Å². The molecule has 2 aromatic carbocycles. The van der Waals surface area contributed by atoms with Gasteiger partial charge in [0, 0.05) is 11.1 Å². The van der Waals surface area contributed by atoms with Gasteiger partial charge in [-0.1, -0.05) is 30.3 Å². The maximum atomic E-state index is 9.34. The highest BCUT2D eigenvalue weighted by Gasteiger charge is 2.04. The molecular formula is C16H13NO. The maximum absolute atomic E-state index is 9.34. The smallest absolute Gasteiger partial charge is 0.115 e. The van der Waals surface area contributed by atoms with E-state index in [0.717, 1.165) is 27.7 Å². The van der Waals surface area contributed by atoms with Crippen LogP contribution in [0.15, 0.2) is 54.6 Å². The van der Waals surface area contributed by atoms with E-state index in [4.69, 9.17) is 0 Å². The molecule has 0 spiro atoms. The Morgan fingerprint density at radius 1 is 0.889 bits per heavy atom. The Morgan fingerprint density at radius 2 is 1.67 bits per heavy atom. The van der Waals surface area contributed by atoms with Crippen LogP contribution in [0.3, 0.4) is 0 Å². The minimum atomic E-state index is 0.285. The van der Waals surface area contributed by atoms with Gasteiger partial charge < -0.3 is 5.11 Å². The van der Waals surface area contributed by atoms with E-state index in [1.807, 2.05) is 37.3 Å². The molecule has 0 aliphatic rings. The van der Waals surface area contributed by atoms with Crippen molar-refractivity contribution in [3.8, 4) is 16.9 Å². The molecule has 0 radical (unpaired) electrons. The topological polar surface area (TPSA) is 33.1 Å². The van der Waals surface area contributed by atoms with Crippen molar-refractivity contribution >= 4 is 10.9 Å². The summed E-state index contributed by atoms with van der Waals surface area (Å²) in [7, 11) is 0. The van der Waals surface area contributed by atoms with Crippen LogP contribution in [0, 0.1) is 6.92 Å². The van der Waals surface area contributed by atoms with Gasteiger partial charge in [0.1, 0.15) is 5.75 Å². The van der Waals surface area contributed by atoms with Crippen LogP contribution in [0.25, 0.3) is 22.0 Å². The number of rotatable bonds is 1. The Hall–Kier alpha value is -2.35. The molecule has 0 aliphatic carbocycles. The lowest BCUT2D eigenvalue weighted by Crippen LogP contribution is -1.86. The molecule has 1 aromatic heterocycles. The van der Waals surface area contributed by atoms with Crippen molar-refractivity contribution in [3.05, 3.63) is 60.3 Å².